The van der Waals surface area contributed by atoms with E-state index in [-0.39, 0.29) is 0 Å². The Kier molecular flexibility index (Phi) is 3.87. The molecule has 3 heterocycles. The summed E-state index contributed by atoms with van der Waals surface area (Å²) in [5.74, 6) is 1.65. The number of aromatic nitrogens is 4. The van der Waals surface area contributed by atoms with Gasteiger partial charge in [0.1, 0.15) is 12.2 Å². The standard InChI is InChI=1S/C18H23N5/c1-2-23-13-20-21-18(23)16-4-3-9-22(12-16)11-14-5-6-17-15(10-14)7-8-19-17/h5-8,10,13,16,19H,2-4,9,11-12H2,1H3. The maximum Gasteiger partial charge on any atom is 0.137 e. The van der Waals surface area contributed by atoms with E-state index in [9.17, 15) is 0 Å². The molecule has 4 rings (SSSR count). The molecule has 0 amide bonds. The van der Waals surface area contributed by atoms with Crippen LogP contribution >= 0.6 is 0 Å². The SMILES string of the molecule is CCn1cnnc1C1CCCN(Cc2ccc3[nH]ccc3c2)C1. The molecule has 0 saturated carbocycles. The van der Waals surface area contributed by atoms with Gasteiger partial charge in [-0.25, -0.2) is 0 Å². The van der Waals surface area contributed by atoms with Crippen molar-refractivity contribution in [1.82, 2.24) is 24.6 Å². The monoisotopic (exact) mass is 309 g/mol. The third-order valence-electron chi connectivity index (χ3n) is 4.88. The number of nitrogens with zero attached hydrogens (tertiary/aromatic N) is 4. The lowest BCUT2D eigenvalue weighted by Crippen LogP contribution is -2.34. The fourth-order valence-corrected chi connectivity index (χ4v) is 3.69. The summed E-state index contributed by atoms with van der Waals surface area (Å²) in [7, 11) is 0. The summed E-state index contributed by atoms with van der Waals surface area (Å²) in [4.78, 5) is 5.81. The zero-order valence-corrected chi connectivity index (χ0v) is 13.6. The maximum absolute atomic E-state index is 4.37. The summed E-state index contributed by atoms with van der Waals surface area (Å²) in [6, 6.07) is 8.85. The molecule has 0 spiro atoms. The Hall–Kier alpha value is -2.14. The lowest BCUT2D eigenvalue weighted by Gasteiger charge is -2.32. The number of fused-ring (bicyclic) bond motifs is 1. The van der Waals surface area contributed by atoms with Crippen LogP contribution in [0.4, 0.5) is 0 Å². The van der Waals surface area contributed by atoms with Crippen LogP contribution in [0.1, 0.15) is 37.1 Å². The van der Waals surface area contributed by atoms with Gasteiger partial charge in [-0.3, -0.25) is 4.90 Å². The van der Waals surface area contributed by atoms with Gasteiger partial charge in [0.2, 0.25) is 0 Å². The van der Waals surface area contributed by atoms with Crippen molar-refractivity contribution in [3.8, 4) is 0 Å². The molecule has 1 aliphatic rings. The van der Waals surface area contributed by atoms with Crippen molar-refractivity contribution in [2.45, 2.75) is 38.8 Å². The molecule has 1 fully saturated rings. The number of benzene rings is 1. The van der Waals surface area contributed by atoms with Gasteiger partial charge in [-0.1, -0.05) is 6.07 Å². The fourth-order valence-electron chi connectivity index (χ4n) is 3.69. The lowest BCUT2D eigenvalue weighted by molar-refractivity contribution is 0.194. The topological polar surface area (TPSA) is 49.7 Å². The molecule has 1 aliphatic heterocycles. The van der Waals surface area contributed by atoms with E-state index < -0.39 is 0 Å². The van der Waals surface area contributed by atoms with Crippen LogP contribution in [0, 0.1) is 0 Å². The van der Waals surface area contributed by atoms with Gasteiger partial charge in [0.05, 0.1) is 0 Å². The molecule has 5 heteroatoms. The first-order valence-electron chi connectivity index (χ1n) is 8.49. The van der Waals surface area contributed by atoms with Crippen LogP contribution in [-0.2, 0) is 13.1 Å². The highest BCUT2D eigenvalue weighted by molar-refractivity contribution is 5.79. The highest BCUT2D eigenvalue weighted by Crippen LogP contribution is 2.27. The number of nitrogens with one attached hydrogen (secondary N) is 1. The second-order valence-electron chi connectivity index (χ2n) is 6.45. The summed E-state index contributed by atoms with van der Waals surface area (Å²) >= 11 is 0. The third kappa shape index (κ3) is 2.88. The van der Waals surface area contributed by atoms with Gasteiger partial charge in [-0.2, -0.15) is 0 Å². The van der Waals surface area contributed by atoms with Gasteiger partial charge < -0.3 is 9.55 Å². The molecule has 2 aromatic heterocycles. The first kappa shape index (κ1) is 14.5. The Labute approximate surface area is 136 Å². The van der Waals surface area contributed by atoms with Crippen molar-refractivity contribution in [3.63, 3.8) is 0 Å². The van der Waals surface area contributed by atoms with E-state index >= 15 is 0 Å². The third-order valence-corrected chi connectivity index (χ3v) is 4.88. The summed E-state index contributed by atoms with van der Waals surface area (Å²) < 4.78 is 2.18. The Morgan fingerprint density at radius 3 is 3.17 bits per heavy atom. The minimum absolute atomic E-state index is 0.502. The molecule has 0 radical (unpaired) electrons. The van der Waals surface area contributed by atoms with Crippen molar-refractivity contribution >= 4 is 10.9 Å². The van der Waals surface area contributed by atoms with Gasteiger partial charge in [-0.15, -0.1) is 10.2 Å². The predicted octanol–water partition coefficient (Wildman–Crippen LogP) is 3.16. The van der Waals surface area contributed by atoms with Crippen molar-refractivity contribution in [3.05, 3.63) is 48.2 Å². The van der Waals surface area contributed by atoms with E-state index in [2.05, 4.69) is 55.8 Å². The smallest absolute Gasteiger partial charge is 0.137 e. The van der Waals surface area contributed by atoms with Crippen molar-refractivity contribution < 1.29 is 0 Å². The molecule has 23 heavy (non-hydrogen) atoms. The minimum Gasteiger partial charge on any atom is -0.361 e. The quantitative estimate of drug-likeness (QED) is 0.805. The van der Waals surface area contributed by atoms with Crippen LogP contribution in [0.25, 0.3) is 10.9 Å². The van der Waals surface area contributed by atoms with E-state index in [0.717, 1.165) is 25.5 Å². The van der Waals surface area contributed by atoms with Crippen LogP contribution in [0.15, 0.2) is 36.8 Å². The van der Waals surface area contributed by atoms with Crippen LogP contribution in [0.2, 0.25) is 0 Å². The van der Waals surface area contributed by atoms with Gasteiger partial charge in [0.25, 0.3) is 0 Å². The molecule has 1 unspecified atom stereocenters. The molecular formula is C18H23N5. The van der Waals surface area contributed by atoms with E-state index in [1.165, 1.54) is 35.9 Å². The Balaban J connectivity index is 1.48. The highest BCUT2D eigenvalue weighted by Gasteiger charge is 2.25. The summed E-state index contributed by atoms with van der Waals surface area (Å²) in [5, 5.41) is 9.76. The largest absolute Gasteiger partial charge is 0.361 e. The van der Waals surface area contributed by atoms with Gasteiger partial charge >= 0.3 is 0 Å². The van der Waals surface area contributed by atoms with E-state index in [4.69, 9.17) is 0 Å². The van der Waals surface area contributed by atoms with E-state index in [1.54, 1.807) is 0 Å². The van der Waals surface area contributed by atoms with Crippen LogP contribution in [0.3, 0.4) is 0 Å². The molecule has 1 aromatic carbocycles. The number of likely N-dealkylation sites (tertiary alicyclic amines) is 1. The van der Waals surface area contributed by atoms with Gasteiger partial charge in [0.15, 0.2) is 0 Å². The highest BCUT2D eigenvalue weighted by atomic mass is 15.3. The summed E-state index contributed by atoms with van der Waals surface area (Å²) in [6.45, 7) is 6.35. The average Bonchev–Trinajstić information content (AvgIpc) is 3.23. The molecule has 1 N–H and O–H groups in total. The summed E-state index contributed by atoms with van der Waals surface area (Å²) in [5.41, 5.74) is 2.59. The number of H-pyrrole nitrogens is 1. The fraction of sp³-hybridized carbons (Fsp3) is 0.444. The number of hydrogen-bond donors (Lipinski definition) is 1. The first-order valence-corrected chi connectivity index (χ1v) is 8.49. The van der Waals surface area contributed by atoms with E-state index in [1.807, 2.05) is 12.5 Å². The number of aryl methyl sites for hydroxylation is 1. The van der Waals surface area contributed by atoms with Gasteiger partial charge in [-0.05, 0) is 55.5 Å². The molecule has 120 valence electrons. The zero-order valence-electron chi connectivity index (χ0n) is 13.6. The van der Waals surface area contributed by atoms with Crippen molar-refractivity contribution in [2.24, 2.45) is 0 Å². The average molecular weight is 309 g/mol. The Morgan fingerprint density at radius 2 is 2.26 bits per heavy atom. The normalized spacial score (nSPS) is 19.4. The molecule has 0 aliphatic carbocycles. The molecule has 1 atom stereocenters. The van der Waals surface area contributed by atoms with Crippen molar-refractivity contribution in [1.29, 1.82) is 0 Å². The molecule has 5 nitrogen and oxygen atoms in total. The van der Waals surface area contributed by atoms with E-state index in [0.29, 0.717) is 5.92 Å². The van der Waals surface area contributed by atoms with Gasteiger partial charge in [0, 0.05) is 37.3 Å². The number of piperidine rings is 1. The number of rotatable bonds is 4. The Bertz CT molecular complexity index is 787. The minimum atomic E-state index is 0.502. The zero-order chi connectivity index (χ0) is 15.6. The molecule has 3 aromatic rings. The molecular weight excluding hydrogens is 286 g/mol. The first-order chi connectivity index (χ1) is 11.3. The second kappa shape index (κ2) is 6.16. The van der Waals surface area contributed by atoms with Crippen LogP contribution < -0.4 is 0 Å². The number of aromatic amines is 1. The number of hydrogen-bond acceptors (Lipinski definition) is 3. The lowest BCUT2D eigenvalue weighted by atomic mass is 9.96. The Morgan fingerprint density at radius 1 is 1.30 bits per heavy atom. The molecule has 1 saturated heterocycles. The molecule has 0 bridgehead atoms. The van der Waals surface area contributed by atoms with Crippen molar-refractivity contribution in [2.75, 3.05) is 13.1 Å². The summed E-state index contributed by atoms with van der Waals surface area (Å²) in [6.07, 6.45) is 6.30. The second-order valence-corrected chi connectivity index (χ2v) is 6.45. The maximum atomic E-state index is 4.37. The van der Waals surface area contributed by atoms with Crippen LogP contribution in [-0.4, -0.2) is 37.7 Å². The predicted molar refractivity (Wildman–Crippen MR) is 91.2 cm³/mol. The van der Waals surface area contributed by atoms with Crippen LogP contribution in [0.5, 0.6) is 0 Å².